The topological polar surface area (TPSA) is 63.4 Å². The molecular formula is C15H18N2O3. The Morgan fingerprint density at radius 3 is 2.80 bits per heavy atom. The zero-order chi connectivity index (χ0) is 14.4. The van der Waals surface area contributed by atoms with E-state index in [0.29, 0.717) is 12.2 Å². The summed E-state index contributed by atoms with van der Waals surface area (Å²) in [6.07, 6.45) is 0. The zero-order valence-electron chi connectivity index (χ0n) is 11.6. The summed E-state index contributed by atoms with van der Waals surface area (Å²) in [7, 11) is 3.02. The van der Waals surface area contributed by atoms with Crippen molar-refractivity contribution in [3.8, 4) is 5.75 Å². The molecule has 0 saturated heterocycles. The molecule has 5 nitrogen and oxygen atoms in total. The Balaban J connectivity index is 1.86. The average molecular weight is 274 g/mol. The van der Waals surface area contributed by atoms with Gasteiger partial charge in [0.05, 0.1) is 14.2 Å². The van der Waals surface area contributed by atoms with Crippen LogP contribution >= 0.6 is 0 Å². The third-order valence-electron chi connectivity index (χ3n) is 2.93. The summed E-state index contributed by atoms with van der Waals surface area (Å²) in [5, 5.41) is 3.30. The Morgan fingerprint density at radius 2 is 2.05 bits per heavy atom. The van der Waals surface area contributed by atoms with Crippen LogP contribution in [0.15, 0.2) is 36.4 Å². The first-order valence-electron chi connectivity index (χ1n) is 6.33. The molecule has 0 unspecified atom stereocenters. The second kappa shape index (κ2) is 6.77. The third kappa shape index (κ3) is 3.61. The van der Waals surface area contributed by atoms with Gasteiger partial charge in [-0.15, -0.1) is 0 Å². The maximum atomic E-state index is 11.3. The Kier molecular flexibility index (Phi) is 4.79. The van der Waals surface area contributed by atoms with Crippen molar-refractivity contribution in [1.29, 1.82) is 0 Å². The lowest BCUT2D eigenvalue weighted by atomic mass is 10.2. The summed E-state index contributed by atoms with van der Waals surface area (Å²) in [5.41, 5.74) is 2.54. The molecule has 5 heteroatoms. The van der Waals surface area contributed by atoms with Crippen LogP contribution in [0.4, 0.5) is 0 Å². The van der Waals surface area contributed by atoms with Gasteiger partial charge in [-0.1, -0.05) is 12.1 Å². The smallest absolute Gasteiger partial charge is 0.354 e. The van der Waals surface area contributed by atoms with Gasteiger partial charge in [-0.25, -0.2) is 4.79 Å². The summed E-state index contributed by atoms with van der Waals surface area (Å²) in [6.45, 7) is 1.37. The highest BCUT2D eigenvalue weighted by atomic mass is 16.5. The molecule has 106 valence electrons. The maximum absolute atomic E-state index is 11.3. The number of nitrogens with one attached hydrogen (secondary N) is 2. The van der Waals surface area contributed by atoms with E-state index in [1.807, 2.05) is 30.3 Å². The molecule has 1 aromatic heterocycles. The lowest BCUT2D eigenvalue weighted by molar-refractivity contribution is 0.0594. The first-order valence-corrected chi connectivity index (χ1v) is 6.33. The maximum Gasteiger partial charge on any atom is 0.354 e. The van der Waals surface area contributed by atoms with Crippen molar-refractivity contribution < 1.29 is 14.3 Å². The van der Waals surface area contributed by atoms with Crippen LogP contribution < -0.4 is 10.1 Å². The van der Waals surface area contributed by atoms with E-state index in [1.54, 1.807) is 13.2 Å². The van der Waals surface area contributed by atoms with Crippen LogP contribution in [0, 0.1) is 0 Å². The van der Waals surface area contributed by atoms with Crippen molar-refractivity contribution in [2.75, 3.05) is 14.2 Å². The van der Waals surface area contributed by atoms with Crippen LogP contribution in [0.1, 0.15) is 21.7 Å². The van der Waals surface area contributed by atoms with E-state index in [1.165, 1.54) is 7.11 Å². The number of methoxy groups -OCH3 is 2. The molecule has 1 aromatic carbocycles. The van der Waals surface area contributed by atoms with Crippen LogP contribution in [0.3, 0.4) is 0 Å². The Morgan fingerprint density at radius 1 is 1.20 bits per heavy atom. The minimum Gasteiger partial charge on any atom is -0.497 e. The molecule has 0 aliphatic heterocycles. The Hall–Kier alpha value is -2.27. The summed E-state index contributed by atoms with van der Waals surface area (Å²) < 4.78 is 9.82. The molecule has 0 amide bonds. The number of rotatable bonds is 6. The average Bonchev–Trinajstić information content (AvgIpc) is 2.95. The van der Waals surface area contributed by atoms with Crippen molar-refractivity contribution in [2.45, 2.75) is 13.1 Å². The fourth-order valence-electron chi connectivity index (χ4n) is 1.90. The quantitative estimate of drug-likeness (QED) is 0.792. The number of benzene rings is 1. The molecule has 0 bridgehead atoms. The van der Waals surface area contributed by atoms with E-state index in [0.717, 1.165) is 23.6 Å². The number of ether oxygens (including phenoxy) is 2. The largest absolute Gasteiger partial charge is 0.497 e. The van der Waals surface area contributed by atoms with Crippen LogP contribution in [-0.2, 0) is 17.8 Å². The fourth-order valence-corrected chi connectivity index (χ4v) is 1.90. The molecule has 0 atom stereocenters. The van der Waals surface area contributed by atoms with Crippen molar-refractivity contribution in [3.63, 3.8) is 0 Å². The van der Waals surface area contributed by atoms with Gasteiger partial charge in [0.15, 0.2) is 0 Å². The van der Waals surface area contributed by atoms with E-state index in [9.17, 15) is 4.79 Å². The molecule has 0 aliphatic carbocycles. The lowest BCUT2D eigenvalue weighted by Crippen LogP contribution is -2.13. The minimum atomic E-state index is -0.357. The monoisotopic (exact) mass is 274 g/mol. The van der Waals surface area contributed by atoms with Crippen molar-refractivity contribution in [3.05, 3.63) is 53.3 Å². The fraction of sp³-hybridized carbons (Fsp3) is 0.267. The SMILES string of the molecule is COC(=O)c1ccc(CNCc2cccc(OC)c2)[nH]1. The molecule has 20 heavy (non-hydrogen) atoms. The molecule has 0 radical (unpaired) electrons. The van der Waals surface area contributed by atoms with Crippen LogP contribution in [0.2, 0.25) is 0 Å². The van der Waals surface area contributed by atoms with E-state index >= 15 is 0 Å². The second-order valence-electron chi connectivity index (χ2n) is 4.34. The number of aromatic amines is 1. The summed E-state index contributed by atoms with van der Waals surface area (Å²) in [5.74, 6) is 0.487. The Bertz CT molecular complexity index is 578. The number of hydrogen-bond acceptors (Lipinski definition) is 4. The Labute approximate surface area is 117 Å². The molecule has 2 aromatic rings. The number of carbonyl (C=O) groups excluding carboxylic acids is 1. The predicted octanol–water partition coefficient (Wildman–Crippen LogP) is 2.10. The highest BCUT2D eigenvalue weighted by Gasteiger charge is 2.07. The highest BCUT2D eigenvalue weighted by molar-refractivity contribution is 5.87. The molecule has 0 aliphatic rings. The lowest BCUT2D eigenvalue weighted by Gasteiger charge is -2.06. The number of H-pyrrole nitrogens is 1. The second-order valence-corrected chi connectivity index (χ2v) is 4.34. The number of aromatic nitrogens is 1. The standard InChI is InChI=1S/C15H18N2O3/c1-19-13-5-3-4-11(8-13)9-16-10-12-6-7-14(17-12)15(18)20-2/h3-8,16-17H,9-10H2,1-2H3. The predicted molar refractivity (Wildman–Crippen MR) is 75.7 cm³/mol. The highest BCUT2D eigenvalue weighted by Crippen LogP contribution is 2.12. The van der Waals surface area contributed by atoms with Crippen LogP contribution in [-0.4, -0.2) is 25.2 Å². The van der Waals surface area contributed by atoms with Crippen LogP contribution in [0.25, 0.3) is 0 Å². The van der Waals surface area contributed by atoms with E-state index < -0.39 is 0 Å². The van der Waals surface area contributed by atoms with Gasteiger partial charge in [-0.05, 0) is 29.8 Å². The van der Waals surface area contributed by atoms with Crippen molar-refractivity contribution >= 4 is 5.97 Å². The third-order valence-corrected chi connectivity index (χ3v) is 2.93. The molecular weight excluding hydrogens is 256 g/mol. The van der Waals surface area contributed by atoms with Gasteiger partial charge in [0, 0.05) is 18.8 Å². The molecule has 0 saturated carbocycles. The van der Waals surface area contributed by atoms with E-state index in [-0.39, 0.29) is 5.97 Å². The summed E-state index contributed by atoms with van der Waals surface area (Å²) in [6, 6.07) is 11.5. The van der Waals surface area contributed by atoms with E-state index in [4.69, 9.17) is 4.74 Å². The van der Waals surface area contributed by atoms with Gasteiger partial charge in [0.1, 0.15) is 11.4 Å². The van der Waals surface area contributed by atoms with Gasteiger partial charge in [-0.2, -0.15) is 0 Å². The number of carbonyl (C=O) groups is 1. The molecule has 2 N–H and O–H groups in total. The zero-order valence-corrected chi connectivity index (χ0v) is 11.6. The molecule has 2 rings (SSSR count). The first kappa shape index (κ1) is 14.1. The summed E-state index contributed by atoms with van der Waals surface area (Å²) in [4.78, 5) is 14.3. The molecule has 0 spiro atoms. The minimum absolute atomic E-state index is 0.357. The van der Waals surface area contributed by atoms with Gasteiger partial charge in [0.2, 0.25) is 0 Å². The van der Waals surface area contributed by atoms with Gasteiger partial charge >= 0.3 is 5.97 Å². The van der Waals surface area contributed by atoms with Gasteiger partial charge in [0.25, 0.3) is 0 Å². The number of hydrogen-bond donors (Lipinski definition) is 2. The number of esters is 1. The van der Waals surface area contributed by atoms with Crippen molar-refractivity contribution in [2.24, 2.45) is 0 Å². The van der Waals surface area contributed by atoms with Crippen LogP contribution in [0.5, 0.6) is 5.75 Å². The first-order chi connectivity index (χ1) is 9.72. The molecule has 1 heterocycles. The van der Waals surface area contributed by atoms with Crippen molar-refractivity contribution in [1.82, 2.24) is 10.3 Å². The van der Waals surface area contributed by atoms with Gasteiger partial charge in [-0.3, -0.25) is 0 Å². The molecule has 0 fully saturated rings. The normalized spacial score (nSPS) is 10.3. The summed E-state index contributed by atoms with van der Waals surface area (Å²) >= 11 is 0. The van der Waals surface area contributed by atoms with E-state index in [2.05, 4.69) is 15.0 Å². The van der Waals surface area contributed by atoms with Gasteiger partial charge < -0.3 is 19.8 Å².